The first-order valence-corrected chi connectivity index (χ1v) is 4.87. The molecule has 1 saturated heterocycles. The van der Waals surface area contributed by atoms with Crippen molar-refractivity contribution < 1.29 is 9.53 Å². The zero-order chi connectivity index (χ0) is 8.97. The van der Waals surface area contributed by atoms with Crippen LogP contribution in [0.3, 0.4) is 0 Å². The molecule has 0 atom stereocenters. The Kier molecular flexibility index (Phi) is 3.55. The second-order valence-electron chi connectivity index (χ2n) is 2.13. The highest BCUT2D eigenvalue weighted by molar-refractivity contribution is 8.23. The maximum Gasteiger partial charge on any atom is 0.415 e. The molecule has 0 aromatic rings. The third kappa shape index (κ3) is 2.22. The van der Waals surface area contributed by atoms with Crippen LogP contribution in [0.4, 0.5) is 4.79 Å². The second kappa shape index (κ2) is 4.47. The Balaban J connectivity index is 2.40. The van der Waals surface area contributed by atoms with Crippen LogP contribution < -0.4 is 0 Å². The Labute approximate surface area is 80.8 Å². The van der Waals surface area contributed by atoms with Gasteiger partial charge < -0.3 is 4.74 Å². The van der Waals surface area contributed by atoms with E-state index in [1.54, 1.807) is 0 Å². The average molecular weight is 203 g/mol. The highest BCUT2D eigenvalue weighted by Crippen LogP contribution is 2.18. The van der Waals surface area contributed by atoms with Crippen LogP contribution in [0.15, 0.2) is 12.7 Å². The van der Waals surface area contributed by atoms with Gasteiger partial charge in [-0.1, -0.05) is 36.6 Å². The Morgan fingerprint density at radius 2 is 2.67 bits per heavy atom. The number of thioether (sulfide) groups is 1. The molecule has 0 aromatic carbocycles. The average Bonchev–Trinajstić information content (AvgIpc) is 2.47. The number of thiocarbonyl (C=S) groups is 1. The van der Waals surface area contributed by atoms with Crippen LogP contribution in [0.2, 0.25) is 0 Å². The van der Waals surface area contributed by atoms with Crippen LogP contribution in [0, 0.1) is 0 Å². The smallest absolute Gasteiger partial charge is 0.415 e. The summed E-state index contributed by atoms with van der Waals surface area (Å²) in [6, 6.07) is 0. The molecule has 12 heavy (non-hydrogen) atoms. The molecule has 0 unspecified atom stereocenters. The topological polar surface area (TPSA) is 29.5 Å². The lowest BCUT2D eigenvalue weighted by Crippen LogP contribution is -2.31. The minimum atomic E-state index is -0.370. The Bertz CT molecular complexity index is 217. The maximum atomic E-state index is 11.2. The first kappa shape index (κ1) is 9.54. The van der Waals surface area contributed by atoms with Crippen LogP contribution >= 0.6 is 24.0 Å². The summed E-state index contributed by atoms with van der Waals surface area (Å²) in [5.41, 5.74) is 0. The van der Waals surface area contributed by atoms with Crippen molar-refractivity contribution in [3.63, 3.8) is 0 Å². The standard InChI is InChI=1S/C7H9NO2S2/c1-2-4-10-6(9)8-3-5-12-7(8)11/h2H,1,3-5H2. The van der Waals surface area contributed by atoms with Gasteiger partial charge in [-0.15, -0.1) is 0 Å². The van der Waals surface area contributed by atoms with Crippen molar-refractivity contribution in [1.82, 2.24) is 4.90 Å². The molecule has 1 aliphatic rings. The van der Waals surface area contributed by atoms with E-state index < -0.39 is 0 Å². The first-order valence-electron chi connectivity index (χ1n) is 3.47. The summed E-state index contributed by atoms with van der Waals surface area (Å²) in [6.07, 6.45) is 1.16. The lowest BCUT2D eigenvalue weighted by atomic mass is 10.6. The van der Waals surface area contributed by atoms with Crippen LogP contribution in [-0.4, -0.2) is 34.2 Å². The number of carbonyl (C=O) groups is 1. The number of hydrogen-bond acceptors (Lipinski definition) is 4. The zero-order valence-electron chi connectivity index (χ0n) is 6.49. The summed E-state index contributed by atoms with van der Waals surface area (Å²) in [5.74, 6) is 0.863. The Hall–Kier alpha value is -0.550. The first-order chi connectivity index (χ1) is 5.75. The van der Waals surface area contributed by atoms with Gasteiger partial charge in [0.1, 0.15) is 10.9 Å². The van der Waals surface area contributed by atoms with Gasteiger partial charge in [-0.2, -0.15) is 0 Å². The van der Waals surface area contributed by atoms with E-state index in [0.717, 1.165) is 5.75 Å². The third-order valence-electron chi connectivity index (χ3n) is 1.31. The molecule has 0 spiro atoms. The third-order valence-corrected chi connectivity index (χ3v) is 2.73. The van der Waals surface area contributed by atoms with Gasteiger partial charge in [-0.25, -0.2) is 4.79 Å². The number of rotatable bonds is 2. The quantitative estimate of drug-likeness (QED) is 0.504. The number of carbonyl (C=O) groups excluding carboxylic acids is 1. The molecule has 1 amide bonds. The summed E-state index contributed by atoms with van der Waals surface area (Å²) < 4.78 is 5.41. The molecule has 0 N–H and O–H groups in total. The molecule has 1 aliphatic heterocycles. The number of nitrogens with zero attached hydrogens (tertiary/aromatic N) is 1. The van der Waals surface area contributed by atoms with Crippen LogP contribution in [0.25, 0.3) is 0 Å². The van der Waals surface area contributed by atoms with E-state index in [4.69, 9.17) is 17.0 Å². The molecule has 66 valence electrons. The summed E-state index contributed by atoms with van der Waals surface area (Å²) in [5, 5.41) is 0. The fraction of sp³-hybridized carbons (Fsp3) is 0.429. The molecule has 0 aromatic heterocycles. The van der Waals surface area contributed by atoms with Gasteiger partial charge in [0.25, 0.3) is 0 Å². The molecule has 3 nitrogen and oxygen atoms in total. The Morgan fingerprint density at radius 1 is 1.92 bits per heavy atom. The van der Waals surface area contributed by atoms with Crippen molar-refractivity contribution in [2.75, 3.05) is 18.9 Å². The van der Waals surface area contributed by atoms with Crippen LogP contribution in [0.5, 0.6) is 0 Å². The van der Waals surface area contributed by atoms with E-state index >= 15 is 0 Å². The molecule has 0 saturated carbocycles. The van der Waals surface area contributed by atoms with Crippen molar-refractivity contribution in [2.24, 2.45) is 0 Å². The normalized spacial score (nSPS) is 16.3. The fourth-order valence-electron chi connectivity index (χ4n) is 0.767. The number of ether oxygens (including phenoxy) is 1. The monoisotopic (exact) mass is 203 g/mol. The maximum absolute atomic E-state index is 11.2. The Morgan fingerprint density at radius 3 is 3.17 bits per heavy atom. The van der Waals surface area contributed by atoms with Gasteiger partial charge in [0.2, 0.25) is 0 Å². The van der Waals surface area contributed by atoms with E-state index in [9.17, 15) is 4.79 Å². The summed E-state index contributed by atoms with van der Waals surface area (Å²) in [6.45, 7) is 4.34. The van der Waals surface area contributed by atoms with Crippen molar-refractivity contribution in [3.8, 4) is 0 Å². The number of amides is 1. The largest absolute Gasteiger partial charge is 0.445 e. The lowest BCUT2D eigenvalue weighted by Gasteiger charge is -2.13. The lowest BCUT2D eigenvalue weighted by molar-refractivity contribution is 0.137. The molecule has 0 bridgehead atoms. The summed E-state index contributed by atoms with van der Waals surface area (Å²) in [7, 11) is 0. The molecule has 0 aliphatic carbocycles. The highest BCUT2D eigenvalue weighted by Gasteiger charge is 2.24. The molecule has 0 radical (unpaired) electrons. The van der Waals surface area contributed by atoms with Crippen molar-refractivity contribution >= 4 is 34.4 Å². The van der Waals surface area contributed by atoms with Crippen LogP contribution in [0.1, 0.15) is 0 Å². The molecular weight excluding hydrogens is 194 g/mol. The molecular formula is C7H9NO2S2. The molecule has 1 heterocycles. The van der Waals surface area contributed by atoms with E-state index in [-0.39, 0.29) is 12.7 Å². The zero-order valence-corrected chi connectivity index (χ0v) is 8.12. The predicted octanol–water partition coefficient (Wildman–Crippen LogP) is 1.64. The van der Waals surface area contributed by atoms with E-state index in [1.165, 1.54) is 22.7 Å². The van der Waals surface area contributed by atoms with Crippen molar-refractivity contribution in [1.29, 1.82) is 0 Å². The van der Waals surface area contributed by atoms with E-state index in [2.05, 4.69) is 6.58 Å². The second-order valence-corrected chi connectivity index (χ2v) is 3.86. The van der Waals surface area contributed by atoms with Gasteiger partial charge in [0.15, 0.2) is 0 Å². The van der Waals surface area contributed by atoms with E-state index in [1.807, 2.05) is 0 Å². The summed E-state index contributed by atoms with van der Waals surface area (Å²) >= 11 is 6.43. The van der Waals surface area contributed by atoms with Crippen molar-refractivity contribution in [3.05, 3.63) is 12.7 Å². The highest BCUT2D eigenvalue weighted by atomic mass is 32.2. The molecule has 1 rings (SSSR count). The van der Waals surface area contributed by atoms with Crippen LogP contribution in [-0.2, 0) is 4.74 Å². The van der Waals surface area contributed by atoms with Crippen molar-refractivity contribution in [2.45, 2.75) is 0 Å². The van der Waals surface area contributed by atoms with Gasteiger partial charge in [-0.3, -0.25) is 4.90 Å². The van der Waals surface area contributed by atoms with Gasteiger partial charge >= 0.3 is 6.09 Å². The van der Waals surface area contributed by atoms with Gasteiger partial charge in [0, 0.05) is 12.3 Å². The SMILES string of the molecule is C=CCOC(=O)N1CCSC1=S. The van der Waals surface area contributed by atoms with Gasteiger partial charge in [0.05, 0.1) is 0 Å². The van der Waals surface area contributed by atoms with Gasteiger partial charge in [-0.05, 0) is 0 Å². The number of hydrogen-bond donors (Lipinski definition) is 0. The van der Waals surface area contributed by atoms with E-state index in [0.29, 0.717) is 10.9 Å². The fourth-order valence-corrected chi connectivity index (χ4v) is 1.95. The minimum absolute atomic E-state index is 0.239. The predicted molar refractivity (Wildman–Crippen MR) is 53.3 cm³/mol. The molecule has 1 fully saturated rings. The molecule has 5 heteroatoms. The summed E-state index contributed by atoms with van der Waals surface area (Å²) in [4.78, 5) is 12.6. The minimum Gasteiger partial charge on any atom is -0.445 e.